The van der Waals surface area contributed by atoms with Gasteiger partial charge in [0.1, 0.15) is 5.82 Å². The predicted octanol–water partition coefficient (Wildman–Crippen LogP) is 4.95. The van der Waals surface area contributed by atoms with Gasteiger partial charge in [-0.2, -0.15) is 0 Å². The van der Waals surface area contributed by atoms with E-state index in [1.165, 1.54) is 5.56 Å². The Hall–Kier alpha value is -2.45. The van der Waals surface area contributed by atoms with Crippen molar-refractivity contribution in [1.82, 2.24) is 9.88 Å². The second-order valence-electron chi connectivity index (χ2n) is 11.5. The molecule has 8 heteroatoms. The maximum absolute atomic E-state index is 15.4. The molecule has 0 saturated carbocycles. The Bertz CT molecular complexity index is 1310. The number of anilines is 1. The van der Waals surface area contributed by atoms with Gasteiger partial charge in [0.05, 0.1) is 21.8 Å². The molecule has 3 aliphatic rings. The summed E-state index contributed by atoms with van der Waals surface area (Å²) in [5, 5.41) is 0.0829. The Morgan fingerprint density at radius 3 is 2.43 bits per heavy atom. The van der Waals surface area contributed by atoms with Crippen LogP contribution in [0.3, 0.4) is 0 Å². The van der Waals surface area contributed by atoms with Gasteiger partial charge in [-0.1, -0.05) is 48.0 Å². The lowest BCUT2D eigenvalue weighted by molar-refractivity contribution is 0.00578. The van der Waals surface area contributed by atoms with Crippen molar-refractivity contribution in [2.75, 3.05) is 24.5 Å². The van der Waals surface area contributed by atoms with Crippen molar-refractivity contribution >= 4 is 29.9 Å². The van der Waals surface area contributed by atoms with E-state index in [-0.39, 0.29) is 5.02 Å². The molecule has 2 fully saturated rings. The fraction of sp³-hybridized carbons (Fsp3) is 0.414. The summed E-state index contributed by atoms with van der Waals surface area (Å²) in [4.78, 5) is 9.30. The zero-order valence-corrected chi connectivity index (χ0v) is 22.6. The number of hydrogen-bond acceptors (Lipinski definition) is 5. The highest BCUT2D eigenvalue weighted by Crippen LogP contribution is 2.49. The second kappa shape index (κ2) is 8.80. The van der Waals surface area contributed by atoms with Crippen LogP contribution < -0.4 is 10.4 Å². The monoisotopic (exact) mass is 519 g/mol. The average Bonchev–Trinajstić information content (AvgIpc) is 3.30. The van der Waals surface area contributed by atoms with Crippen LogP contribution in [0.4, 0.5) is 10.1 Å². The number of aromatic nitrogens is 1. The largest absolute Gasteiger partial charge is 0.496 e. The summed E-state index contributed by atoms with van der Waals surface area (Å²) in [5.41, 5.74) is 3.35. The molecule has 3 aromatic rings. The summed E-state index contributed by atoms with van der Waals surface area (Å²) in [6.07, 6.45) is 4.40. The van der Waals surface area contributed by atoms with Gasteiger partial charge in [0.15, 0.2) is 0 Å². The normalized spacial score (nSPS) is 24.3. The topological polar surface area (TPSA) is 37.8 Å². The second-order valence-corrected chi connectivity index (χ2v) is 11.8. The number of hydrogen-bond donors (Lipinski definition) is 0. The molecule has 1 unspecified atom stereocenters. The number of fused-ring (bicyclic) bond motifs is 3. The molecule has 0 radical (unpaired) electrons. The summed E-state index contributed by atoms with van der Waals surface area (Å²) in [7, 11) is -0.741. The van der Waals surface area contributed by atoms with Gasteiger partial charge in [-0.05, 0) is 56.5 Å². The average molecular weight is 520 g/mol. The van der Waals surface area contributed by atoms with Crippen molar-refractivity contribution < 1.29 is 13.7 Å². The third kappa shape index (κ3) is 3.99. The molecule has 3 aliphatic heterocycles. The van der Waals surface area contributed by atoms with Crippen molar-refractivity contribution in [3.8, 4) is 0 Å². The Morgan fingerprint density at radius 1 is 1.03 bits per heavy atom. The van der Waals surface area contributed by atoms with Crippen LogP contribution in [0.5, 0.6) is 0 Å². The van der Waals surface area contributed by atoms with E-state index in [1.54, 1.807) is 12.3 Å². The minimum Gasteiger partial charge on any atom is -0.399 e. The smallest absolute Gasteiger partial charge is 0.399 e. The van der Waals surface area contributed by atoms with Gasteiger partial charge in [-0.15, -0.1) is 0 Å². The van der Waals surface area contributed by atoms with Crippen molar-refractivity contribution in [1.29, 1.82) is 0 Å². The van der Waals surface area contributed by atoms with E-state index in [9.17, 15) is 0 Å². The minimum atomic E-state index is -0.741. The molecule has 0 amide bonds. The Kier molecular flexibility index (Phi) is 5.92. The molecule has 2 saturated heterocycles. The van der Waals surface area contributed by atoms with Gasteiger partial charge in [0.2, 0.25) is 0 Å². The summed E-state index contributed by atoms with van der Waals surface area (Å²) in [6, 6.07) is 16.2. The standard InChI is InChI=1S/C29H32BClFN3O2/c1-27(2)28(3,4)37-30(36-27)25-22-16-29(21-11-8-12-33-17-21)19-34(18-20-9-6-5-7-10-20)13-14-35(29)24(22)15-23(32)26(25)31/h5-12,15,17H,13-14,16,18-19H2,1-4H3. The van der Waals surface area contributed by atoms with E-state index >= 15 is 4.39 Å². The molecule has 2 aromatic carbocycles. The minimum absolute atomic E-state index is 0.0829. The first-order valence-corrected chi connectivity index (χ1v) is 13.3. The Morgan fingerprint density at radius 2 is 1.76 bits per heavy atom. The maximum Gasteiger partial charge on any atom is 0.496 e. The van der Waals surface area contributed by atoms with Crippen molar-refractivity contribution in [3.63, 3.8) is 0 Å². The van der Waals surface area contributed by atoms with Crippen LogP contribution in [0.25, 0.3) is 0 Å². The lowest BCUT2D eigenvalue weighted by Crippen LogP contribution is -2.59. The molecule has 1 aromatic heterocycles. The number of rotatable bonds is 4. The molecular formula is C29H32BClFN3O2. The third-order valence-electron chi connectivity index (χ3n) is 8.68. The fourth-order valence-corrected chi connectivity index (χ4v) is 6.31. The number of nitrogens with zero attached hydrogens (tertiary/aromatic N) is 3. The lowest BCUT2D eigenvalue weighted by Gasteiger charge is -2.48. The summed E-state index contributed by atoms with van der Waals surface area (Å²) < 4.78 is 28.2. The molecule has 4 heterocycles. The molecule has 6 rings (SSSR count). The van der Waals surface area contributed by atoms with Gasteiger partial charge in [0.25, 0.3) is 0 Å². The Balaban J connectivity index is 1.44. The van der Waals surface area contributed by atoms with Crippen molar-refractivity contribution in [3.05, 3.63) is 88.5 Å². The highest BCUT2D eigenvalue weighted by atomic mass is 35.5. The molecule has 37 heavy (non-hydrogen) atoms. The first-order valence-electron chi connectivity index (χ1n) is 12.9. The van der Waals surface area contributed by atoms with E-state index in [0.29, 0.717) is 11.9 Å². The molecule has 0 aliphatic carbocycles. The quantitative estimate of drug-likeness (QED) is 0.456. The zero-order chi connectivity index (χ0) is 26.0. The van der Waals surface area contributed by atoms with Gasteiger partial charge < -0.3 is 14.2 Å². The van der Waals surface area contributed by atoms with Gasteiger partial charge >= 0.3 is 7.12 Å². The third-order valence-corrected chi connectivity index (χ3v) is 9.07. The first-order chi connectivity index (χ1) is 17.6. The summed E-state index contributed by atoms with van der Waals surface area (Å²) in [6.45, 7) is 11.3. The van der Waals surface area contributed by atoms with Gasteiger partial charge in [-0.25, -0.2) is 4.39 Å². The molecule has 5 nitrogen and oxygen atoms in total. The molecule has 0 spiro atoms. The number of piperazine rings is 1. The summed E-state index contributed by atoms with van der Waals surface area (Å²) in [5.74, 6) is -0.446. The molecule has 0 N–H and O–H groups in total. The van der Waals surface area contributed by atoms with E-state index in [2.05, 4.69) is 45.1 Å². The first kappa shape index (κ1) is 24.9. The number of benzene rings is 2. The van der Waals surface area contributed by atoms with E-state index in [0.717, 1.165) is 43.0 Å². The van der Waals surface area contributed by atoms with Crippen LogP contribution in [0.1, 0.15) is 44.4 Å². The van der Waals surface area contributed by atoms with E-state index < -0.39 is 29.7 Å². The predicted molar refractivity (Wildman–Crippen MR) is 146 cm³/mol. The van der Waals surface area contributed by atoms with Gasteiger partial charge in [-0.3, -0.25) is 9.88 Å². The van der Waals surface area contributed by atoms with Crippen LogP contribution in [0.2, 0.25) is 5.02 Å². The molecule has 192 valence electrons. The molecular weight excluding hydrogens is 488 g/mol. The summed E-state index contributed by atoms with van der Waals surface area (Å²) >= 11 is 6.69. The van der Waals surface area contributed by atoms with E-state index in [1.807, 2.05) is 46.0 Å². The number of pyridine rings is 1. The Labute approximate surface area is 223 Å². The molecule has 0 bridgehead atoms. The van der Waals surface area contributed by atoms with Crippen LogP contribution in [0.15, 0.2) is 60.9 Å². The SMILES string of the molecule is CC1(C)OB(c2c(Cl)c(F)cc3c2CC2(c4cccnc4)CN(Cc4ccccc4)CCN32)OC1(C)C. The highest BCUT2D eigenvalue weighted by molar-refractivity contribution is 6.66. The molecule has 1 atom stereocenters. The van der Waals surface area contributed by atoms with Crippen molar-refractivity contribution in [2.24, 2.45) is 0 Å². The van der Waals surface area contributed by atoms with Crippen molar-refractivity contribution in [2.45, 2.75) is 57.4 Å². The highest BCUT2D eigenvalue weighted by Gasteiger charge is 2.56. The van der Waals surface area contributed by atoms with E-state index in [4.69, 9.17) is 20.9 Å². The van der Waals surface area contributed by atoms with Crippen LogP contribution in [0, 0.1) is 5.82 Å². The number of halogens is 2. The van der Waals surface area contributed by atoms with Crippen LogP contribution in [-0.4, -0.2) is 47.8 Å². The van der Waals surface area contributed by atoms with Gasteiger partial charge in [0, 0.05) is 56.1 Å². The lowest BCUT2D eigenvalue weighted by atomic mass is 9.73. The maximum atomic E-state index is 15.4. The van der Waals surface area contributed by atoms with Crippen LogP contribution in [-0.2, 0) is 27.8 Å². The van der Waals surface area contributed by atoms with Crippen LogP contribution >= 0.6 is 11.6 Å². The zero-order valence-electron chi connectivity index (χ0n) is 21.8. The fourth-order valence-electron chi connectivity index (χ4n) is 6.05.